The first-order valence-electron chi connectivity index (χ1n) is 6.86. The predicted molar refractivity (Wildman–Crippen MR) is 84.1 cm³/mol. The average molecular weight is 269 g/mol. The van der Waals surface area contributed by atoms with E-state index in [1.807, 2.05) is 11.8 Å². The third-order valence-corrected chi connectivity index (χ3v) is 4.83. The number of nitrogens with one attached hydrogen (secondary N) is 1. The maximum atomic E-state index is 3.59. The summed E-state index contributed by atoms with van der Waals surface area (Å²) in [7, 11) is 0. The van der Waals surface area contributed by atoms with Crippen LogP contribution in [-0.4, -0.2) is 11.8 Å². The molecule has 1 nitrogen and oxygen atoms in total. The van der Waals surface area contributed by atoms with Gasteiger partial charge < -0.3 is 5.32 Å². The van der Waals surface area contributed by atoms with Crippen LogP contribution in [-0.2, 0) is 6.42 Å². The van der Waals surface area contributed by atoms with Gasteiger partial charge in [-0.25, -0.2) is 0 Å². The highest BCUT2D eigenvalue weighted by atomic mass is 32.2. The molecule has 1 heterocycles. The second kappa shape index (κ2) is 5.70. The van der Waals surface area contributed by atoms with Gasteiger partial charge in [0.05, 0.1) is 0 Å². The lowest BCUT2D eigenvalue weighted by atomic mass is 10.1. The first kappa shape index (κ1) is 12.6. The number of anilines is 1. The fourth-order valence-corrected chi connectivity index (χ4v) is 3.73. The van der Waals surface area contributed by atoms with Gasteiger partial charge in [-0.15, -0.1) is 11.8 Å². The van der Waals surface area contributed by atoms with Gasteiger partial charge in [0.1, 0.15) is 0 Å². The Morgan fingerprint density at radius 3 is 2.89 bits per heavy atom. The average Bonchev–Trinajstić information content (AvgIpc) is 2.62. The maximum Gasteiger partial charge on any atom is 0.0373 e. The Kier molecular flexibility index (Phi) is 3.79. The molecule has 98 valence electrons. The highest BCUT2D eigenvalue weighted by Gasteiger charge is 2.16. The molecular weight excluding hydrogens is 250 g/mol. The molecule has 0 aliphatic carbocycles. The van der Waals surface area contributed by atoms with Crippen LogP contribution in [0.25, 0.3) is 0 Å². The van der Waals surface area contributed by atoms with Crippen LogP contribution in [0, 0.1) is 6.92 Å². The van der Waals surface area contributed by atoms with Crippen LogP contribution >= 0.6 is 11.8 Å². The standard InChI is InChI=1S/C17H19NS/c1-13-5-4-7-15(11-13)19-16-10-9-14-6-2-3-8-17(14)18-12-16/h2-8,11,16,18H,9-10,12H2,1H3. The van der Waals surface area contributed by atoms with Crippen molar-refractivity contribution in [3.05, 3.63) is 59.7 Å². The van der Waals surface area contributed by atoms with E-state index in [-0.39, 0.29) is 0 Å². The van der Waals surface area contributed by atoms with Gasteiger partial charge in [0.15, 0.2) is 0 Å². The number of benzene rings is 2. The van der Waals surface area contributed by atoms with E-state index in [4.69, 9.17) is 0 Å². The molecule has 2 aromatic carbocycles. The molecule has 0 fully saturated rings. The topological polar surface area (TPSA) is 12.0 Å². The van der Waals surface area contributed by atoms with E-state index in [1.165, 1.54) is 34.6 Å². The summed E-state index contributed by atoms with van der Waals surface area (Å²) in [5.74, 6) is 0. The van der Waals surface area contributed by atoms with Gasteiger partial charge in [0.25, 0.3) is 0 Å². The summed E-state index contributed by atoms with van der Waals surface area (Å²) in [6.45, 7) is 3.21. The second-order valence-corrected chi connectivity index (χ2v) is 6.51. The summed E-state index contributed by atoms with van der Waals surface area (Å²) >= 11 is 2.00. The smallest absolute Gasteiger partial charge is 0.0373 e. The summed E-state index contributed by atoms with van der Waals surface area (Å²) in [5, 5.41) is 4.24. The number of fused-ring (bicyclic) bond motifs is 1. The molecule has 1 aliphatic heterocycles. The van der Waals surface area contributed by atoms with Crippen LogP contribution in [0.5, 0.6) is 0 Å². The first-order valence-corrected chi connectivity index (χ1v) is 7.74. The summed E-state index contributed by atoms with van der Waals surface area (Å²) in [6.07, 6.45) is 2.41. The van der Waals surface area contributed by atoms with Gasteiger partial charge in [-0.05, 0) is 43.5 Å². The highest BCUT2D eigenvalue weighted by molar-refractivity contribution is 8.00. The van der Waals surface area contributed by atoms with Gasteiger partial charge in [-0.2, -0.15) is 0 Å². The van der Waals surface area contributed by atoms with Gasteiger partial charge in [0.2, 0.25) is 0 Å². The van der Waals surface area contributed by atoms with E-state index < -0.39 is 0 Å². The quantitative estimate of drug-likeness (QED) is 0.860. The molecule has 19 heavy (non-hydrogen) atoms. The summed E-state index contributed by atoms with van der Waals surface area (Å²) in [4.78, 5) is 1.39. The number of rotatable bonds is 2. The Hall–Kier alpha value is -1.41. The molecule has 0 bridgehead atoms. The van der Waals surface area contributed by atoms with Gasteiger partial charge >= 0.3 is 0 Å². The minimum Gasteiger partial charge on any atom is -0.384 e. The third kappa shape index (κ3) is 3.13. The van der Waals surface area contributed by atoms with Gasteiger partial charge in [-0.3, -0.25) is 0 Å². The van der Waals surface area contributed by atoms with Gasteiger partial charge in [0, 0.05) is 22.4 Å². The van der Waals surface area contributed by atoms with Gasteiger partial charge in [-0.1, -0.05) is 35.9 Å². The molecule has 1 aliphatic rings. The summed E-state index contributed by atoms with van der Waals surface area (Å²) < 4.78 is 0. The van der Waals surface area contributed by atoms with E-state index >= 15 is 0 Å². The minimum absolute atomic E-state index is 0.647. The van der Waals surface area contributed by atoms with Crippen LogP contribution in [0.4, 0.5) is 5.69 Å². The Balaban J connectivity index is 1.69. The molecule has 0 saturated heterocycles. The van der Waals surface area contributed by atoms with Crippen molar-refractivity contribution in [2.75, 3.05) is 11.9 Å². The fraction of sp³-hybridized carbons (Fsp3) is 0.294. The molecule has 0 spiro atoms. The summed E-state index contributed by atoms with van der Waals surface area (Å²) in [6, 6.07) is 17.5. The zero-order valence-corrected chi connectivity index (χ0v) is 12.0. The molecule has 0 amide bonds. The monoisotopic (exact) mass is 269 g/mol. The molecule has 0 radical (unpaired) electrons. The molecule has 3 rings (SSSR count). The Bertz CT molecular complexity index is 538. The van der Waals surface area contributed by atoms with Crippen molar-refractivity contribution in [1.29, 1.82) is 0 Å². The lowest BCUT2D eigenvalue weighted by molar-refractivity contribution is 0.803. The highest BCUT2D eigenvalue weighted by Crippen LogP contribution is 2.31. The van der Waals surface area contributed by atoms with E-state index in [1.54, 1.807) is 0 Å². The lowest BCUT2D eigenvalue weighted by Gasteiger charge is -2.14. The van der Waals surface area contributed by atoms with Crippen molar-refractivity contribution < 1.29 is 0 Å². The zero-order valence-electron chi connectivity index (χ0n) is 11.2. The van der Waals surface area contributed by atoms with Crippen LogP contribution in [0.2, 0.25) is 0 Å². The molecule has 2 aromatic rings. The number of hydrogen-bond acceptors (Lipinski definition) is 2. The zero-order chi connectivity index (χ0) is 13.1. The number of thioether (sulfide) groups is 1. The number of para-hydroxylation sites is 1. The third-order valence-electron chi connectivity index (χ3n) is 3.57. The van der Waals surface area contributed by atoms with Crippen LogP contribution < -0.4 is 5.32 Å². The Morgan fingerprint density at radius 2 is 2.00 bits per heavy atom. The molecule has 1 atom stereocenters. The molecule has 0 aromatic heterocycles. The van der Waals surface area contributed by atoms with Crippen molar-refractivity contribution in [2.45, 2.75) is 29.9 Å². The van der Waals surface area contributed by atoms with Crippen molar-refractivity contribution in [2.24, 2.45) is 0 Å². The van der Waals surface area contributed by atoms with Crippen molar-refractivity contribution in [3.63, 3.8) is 0 Å². The largest absolute Gasteiger partial charge is 0.384 e. The molecular formula is C17H19NS. The SMILES string of the molecule is Cc1cccc(SC2CCc3ccccc3NC2)c1. The lowest BCUT2D eigenvalue weighted by Crippen LogP contribution is -2.14. The molecule has 1 N–H and O–H groups in total. The minimum atomic E-state index is 0.647. The van der Waals surface area contributed by atoms with E-state index in [0.717, 1.165) is 6.54 Å². The molecule has 1 unspecified atom stereocenters. The van der Waals surface area contributed by atoms with Crippen LogP contribution in [0.1, 0.15) is 17.5 Å². The fourth-order valence-electron chi connectivity index (χ4n) is 2.53. The van der Waals surface area contributed by atoms with Crippen molar-refractivity contribution in [1.82, 2.24) is 0 Å². The summed E-state index contributed by atoms with van der Waals surface area (Å²) in [5.41, 5.74) is 4.11. The van der Waals surface area contributed by atoms with Crippen LogP contribution in [0.3, 0.4) is 0 Å². The van der Waals surface area contributed by atoms with E-state index in [0.29, 0.717) is 5.25 Å². The number of hydrogen-bond donors (Lipinski definition) is 1. The van der Waals surface area contributed by atoms with Crippen molar-refractivity contribution >= 4 is 17.4 Å². The Labute approximate surface area is 119 Å². The van der Waals surface area contributed by atoms with E-state index in [9.17, 15) is 0 Å². The molecule has 0 saturated carbocycles. The first-order chi connectivity index (χ1) is 9.31. The normalized spacial score (nSPS) is 18.3. The Morgan fingerprint density at radius 1 is 1.11 bits per heavy atom. The molecule has 2 heteroatoms. The van der Waals surface area contributed by atoms with Crippen molar-refractivity contribution in [3.8, 4) is 0 Å². The van der Waals surface area contributed by atoms with E-state index in [2.05, 4.69) is 60.8 Å². The number of aryl methyl sites for hydroxylation is 2. The second-order valence-electron chi connectivity index (χ2n) is 5.13. The predicted octanol–water partition coefficient (Wildman–Crippen LogP) is 4.51. The van der Waals surface area contributed by atoms with Crippen LogP contribution in [0.15, 0.2) is 53.4 Å². The maximum absolute atomic E-state index is 3.59.